The second-order valence-corrected chi connectivity index (χ2v) is 11.6. The zero-order valence-electron chi connectivity index (χ0n) is 22.0. The van der Waals surface area contributed by atoms with Crippen LogP contribution in [0.15, 0.2) is 53.5 Å². The number of ether oxygens (including phenoxy) is 2. The van der Waals surface area contributed by atoms with Gasteiger partial charge < -0.3 is 19.0 Å². The van der Waals surface area contributed by atoms with Crippen LogP contribution in [-0.4, -0.2) is 38.0 Å². The molecule has 9 nitrogen and oxygen atoms in total. The number of amides is 1. The Morgan fingerprint density at radius 2 is 1.74 bits per heavy atom. The number of nitrogens with zero attached hydrogens (tertiary/aromatic N) is 1. The van der Waals surface area contributed by atoms with Crippen LogP contribution in [0.5, 0.6) is 0 Å². The lowest BCUT2D eigenvalue weighted by Gasteiger charge is -2.34. The molecule has 1 aliphatic rings. The molecule has 1 amide bonds. The fraction of sp³-hybridized carbons (Fsp3) is 0.423. The number of alkyl halides is 3. The minimum absolute atomic E-state index is 0.0441. The molecule has 1 aliphatic heterocycles. The first kappa shape index (κ1) is 29.9. The summed E-state index contributed by atoms with van der Waals surface area (Å²) >= 11 is 0. The maximum atomic E-state index is 13.2. The summed E-state index contributed by atoms with van der Waals surface area (Å²) in [6.07, 6.45) is -1.67. The van der Waals surface area contributed by atoms with Crippen molar-refractivity contribution in [1.29, 1.82) is 0 Å². The molecule has 2 aromatic rings. The number of halogens is 3. The lowest BCUT2D eigenvalue weighted by Crippen LogP contribution is -2.51. The Hall–Kier alpha value is -3.61. The highest BCUT2D eigenvalue weighted by molar-refractivity contribution is 7.88. The molecule has 0 aromatic heterocycles. The van der Waals surface area contributed by atoms with Gasteiger partial charge in [0, 0.05) is 11.8 Å². The van der Waals surface area contributed by atoms with E-state index in [0.29, 0.717) is 11.1 Å². The number of esters is 1. The maximum Gasteiger partial charge on any atom is 0.534 e. The van der Waals surface area contributed by atoms with Crippen molar-refractivity contribution < 1.29 is 44.8 Å². The lowest BCUT2D eigenvalue weighted by atomic mass is 9.76. The fourth-order valence-corrected chi connectivity index (χ4v) is 4.34. The second kappa shape index (κ2) is 10.9. The zero-order chi connectivity index (χ0) is 29.2. The molecule has 212 valence electrons. The third-order valence-electron chi connectivity index (χ3n) is 5.95. The number of carbonyl (C=O) groups is 2. The summed E-state index contributed by atoms with van der Waals surface area (Å²) in [5.41, 5.74) is -6.63. The van der Waals surface area contributed by atoms with Crippen LogP contribution in [0, 0.1) is 0 Å². The van der Waals surface area contributed by atoms with E-state index < -0.39 is 50.6 Å². The van der Waals surface area contributed by atoms with E-state index in [9.17, 15) is 31.2 Å². The van der Waals surface area contributed by atoms with Gasteiger partial charge in [-0.25, -0.2) is 14.6 Å². The first-order valence-electron chi connectivity index (χ1n) is 11.9. The van der Waals surface area contributed by atoms with Crippen LogP contribution >= 0.6 is 0 Å². The monoisotopic (exact) mass is 570 g/mol. The van der Waals surface area contributed by atoms with E-state index in [1.807, 2.05) is 6.07 Å². The molecule has 39 heavy (non-hydrogen) atoms. The molecular formula is C26H29F3N2O7S. The smallest absolute Gasteiger partial charge is 0.461 e. The van der Waals surface area contributed by atoms with Gasteiger partial charge in [0.2, 0.25) is 5.90 Å². The van der Waals surface area contributed by atoms with Crippen molar-refractivity contribution >= 4 is 33.8 Å². The minimum atomic E-state index is -5.90. The lowest BCUT2D eigenvalue weighted by molar-refractivity contribution is -0.155. The number of aliphatic imine (C=N–C) groups is 1. The van der Waals surface area contributed by atoms with Crippen LogP contribution in [-0.2, 0) is 46.1 Å². The molecule has 2 aromatic carbocycles. The van der Waals surface area contributed by atoms with Crippen molar-refractivity contribution in [2.45, 2.75) is 70.2 Å². The van der Waals surface area contributed by atoms with E-state index in [2.05, 4.69) is 14.5 Å². The maximum absolute atomic E-state index is 13.2. The zero-order valence-corrected chi connectivity index (χ0v) is 22.8. The van der Waals surface area contributed by atoms with Gasteiger partial charge in [0.05, 0.1) is 11.8 Å². The fourth-order valence-electron chi connectivity index (χ4n) is 3.89. The van der Waals surface area contributed by atoms with Gasteiger partial charge in [0.1, 0.15) is 6.61 Å². The van der Waals surface area contributed by atoms with Crippen LogP contribution in [0.3, 0.4) is 0 Å². The Morgan fingerprint density at radius 3 is 2.33 bits per heavy atom. The molecular weight excluding hydrogens is 541 g/mol. The molecule has 1 heterocycles. The summed E-state index contributed by atoms with van der Waals surface area (Å²) in [6, 6.07) is 13.3. The van der Waals surface area contributed by atoms with E-state index >= 15 is 0 Å². The van der Waals surface area contributed by atoms with Crippen LogP contribution < -0.4 is 5.32 Å². The Labute approximate surface area is 224 Å². The van der Waals surface area contributed by atoms with Gasteiger partial charge in [-0.3, -0.25) is 0 Å². The van der Waals surface area contributed by atoms with Crippen molar-refractivity contribution in [3.8, 4) is 0 Å². The first-order chi connectivity index (χ1) is 17.9. The summed E-state index contributed by atoms with van der Waals surface area (Å²) < 4.78 is 76.5. The van der Waals surface area contributed by atoms with Crippen LogP contribution in [0.1, 0.15) is 57.7 Å². The number of rotatable bonds is 7. The van der Waals surface area contributed by atoms with E-state index in [1.54, 1.807) is 58.0 Å². The van der Waals surface area contributed by atoms with Crippen molar-refractivity contribution in [3.63, 3.8) is 0 Å². The molecule has 0 bridgehead atoms. The summed E-state index contributed by atoms with van der Waals surface area (Å²) in [7, 11) is -5.90. The molecule has 3 rings (SSSR count). The molecule has 0 aliphatic carbocycles. The minimum Gasteiger partial charge on any atom is -0.461 e. The molecule has 0 fully saturated rings. The third-order valence-corrected chi connectivity index (χ3v) is 6.93. The molecule has 1 atom stereocenters. The van der Waals surface area contributed by atoms with Gasteiger partial charge in [-0.1, -0.05) is 56.3 Å². The van der Waals surface area contributed by atoms with Crippen LogP contribution in [0.25, 0.3) is 0 Å². The normalized spacial score (nSPS) is 16.4. The highest BCUT2D eigenvalue weighted by Crippen LogP contribution is 2.42. The predicted molar refractivity (Wildman–Crippen MR) is 136 cm³/mol. The SMILES string of the molecule is CC(C)OC(=O)C(C)(NC(=O)OCc1ccccc1)c1ccc2c(c1)C(C)(C)CC(OS(=O)(=O)C(F)(F)F)=N2. The topological polar surface area (TPSA) is 120 Å². The van der Waals surface area contributed by atoms with Gasteiger partial charge in [0.25, 0.3) is 0 Å². The number of fused-ring (bicyclic) bond motifs is 1. The van der Waals surface area contributed by atoms with E-state index in [-0.39, 0.29) is 18.7 Å². The van der Waals surface area contributed by atoms with E-state index in [1.165, 1.54) is 19.1 Å². The van der Waals surface area contributed by atoms with Gasteiger partial charge in [-0.05, 0) is 43.5 Å². The summed E-state index contributed by atoms with van der Waals surface area (Å²) in [5.74, 6) is -1.39. The van der Waals surface area contributed by atoms with E-state index in [0.717, 1.165) is 5.56 Å². The molecule has 1 N–H and O–H groups in total. The quantitative estimate of drug-likeness (QED) is 0.270. The molecule has 0 saturated heterocycles. The highest BCUT2D eigenvalue weighted by Gasteiger charge is 2.50. The van der Waals surface area contributed by atoms with Crippen LogP contribution in [0.2, 0.25) is 0 Å². The molecule has 0 radical (unpaired) electrons. The van der Waals surface area contributed by atoms with Gasteiger partial charge in [0.15, 0.2) is 5.54 Å². The number of alkyl carbamates (subject to hydrolysis) is 1. The van der Waals surface area contributed by atoms with Crippen molar-refractivity contribution in [3.05, 3.63) is 65.2 Å². The van der Waals surface area contributed by atoms with Crippen LogP contribution in [0.4, 0.5) is 23.7 Å². The molecule has 13 heteroatoms. The predicted octanol–water partition coefficient (Wildman–Crippen LogP) is 5.36. The van der Waals surface area contributed by atoms with Gasteiger partial charge in [-0.15, -0.1) is 0 Å². The second-order valence-electron chi connectivity index (χ2n) is 10.0. The van der Waals surface area contributed by atoms with E-state index in [4.69, 9.17) is 9.47 Å². The number of nitrogens with one attached hydrogen (secondary N) is 1. The number of carbonyl (C=O) groups excluding carboxylic acids is 2. The van der Waals surface area contributed by atoms with Crippen molar-refractivity contribution in [1.82, 2.24) is 5.32 Å². The number of hydrogen-bond donors (Lipinski definition) is 1. The van der Waals surface area contributed by atoms with Gasteiger partial charge >= 0.3 is 27.7 Å². The Morgan fingerprint density at radius 1 is 1.10 bits per heavy atom. The van der Waals surface area contributed by atoms with Gasteiger partial charge in [-0.2, -0.15) is 21.6 Å². The van der Waals surface area contributed by atoms with Crippen molar-refractivity contribution in [2.75, 3.05) is 0 Å². The standard InChI is InChI=1S/C26H29F3N2O7S/c1-16(2)37-22(32)25(5,31-23(33)36-15-17-9-7-6-8-10-17)18-11-12-20-19(13-18)24(3,4)14-21(30-20)38-39(34,35)26(27,28)29/h6-13,16H,14-15H2,1-5H3,(H,31,33). The molecule has 1 unspecified atom stereocenters. The third kappa shape index (κ3) is 6.88. The summed E-state index contributed by atoms with van der Waals surface area (Å²) in [5, 5.41) is 2.58. The number of benzene rings is 2. The average molecular weight is 571 g/mol. The number of hydrogen-bond acceptors (Lipinski definition) is 8. The first-order valence-corrected chi connectivity index (χ1v) is 13.3. The Kier molecular flexibility index (Phi) is 8.34. The largest absolute Gasteiger partial charge is 0.534 e. The molecule has 0 saturated carbocycles. The summed E-state index contributed by atoms with van der Waals surface area (Å²) in [4.78, 5) is 29.9. The summed E-state index contributed by atoms with van der Waals surface area (Å²) in [6.45, 7) is 7.99. The average Bonchev–Trinajstić information content (AvgIpc) is 2.81. The highest BCUT2D eigenvalue weighted by atomic mass is 32.2. The Balaban J connectivity index is 1.96. The van der Waals surface area contributed by atoms with Crippen molar-refractivity contribution in [2.24, 2.45) is 4.99 Å². The Bertz CT molecular complexity index is 1370. The molecule has 0 spiro atoms.